The molecule has 8 nitrogen and oxygen atoms in total. The number of carbonyl (C=O) groups is 2. The molecule has 0 aromatic rings. The molecule has 0 saturated heterocycles. The Hall–Kier alpha value is 1.81. The zero-order valence-electron chi connectivity index (χ0n) is 12.9. The van der Waals surface area contributed by atoms with Crippen LogP contribution in [0.3, 0.4) is 0 Å². The van der Waals surface area contributed by atoms with Gasteiger partial charge in [-0.3, -0.25) is 19.9 Å². The molecule has 0 rings (SSSR count). The first-order valence-electron chi connectivity index (χ1n) is 3.33. The van der Waals surface area contributed by atoms with Gasteiger partial charge in [-0.1, -0.05) is 0 Å². The molecule has 0 aliphatic rings. The van der Waals surface area contributed by atoms with Crippen LogP contribution in [0, 0.1) is 0 Å². The minimum atomic E-state index is -4.79. The number of ether oxygens (including phenoxy) is 1. The zero-order valence-corrected chi connectivity index (χ0v) is 16.7. The van der Waals surface area contributed by atoms with E-state index < -0.39 is 40.5 Å². The maximum atomic E-state index is 10.8. The van der Waals surface area contributed by atoms with Gasteiger partial charge in [0.1, 0.15) is 6.73 Å². The Kier molecular flexibility index (Phi) is 20.5. The van der Waals surface area contributed by atoms with E-state index in [0.717, 1.165) is 0 Å². The van der Waals surface area contributed by atoms with Gasteiger partial charge in [-0.05, 0) is 0 Å². The molecule has 0 radical (unpaired) electrons. The molecule has 4 N–H and O–H groups in total. The van der Waals surface area contributed by atoms with E-state index in [9.17, 15) is 18.0 Å². The third-order valence-corrected chi connectivity index (χ3v) is 2.29. The van der Waals surface area contributed by atoms with Crippen molar-refractivity contribution < 1.29 is 125 Å². The van der Waals surface area contributed by atoms with Crippen LogP contribution < -0.4 is 94.4 Å². The third kappa shape index (κ3) is 12.6. The topological polar surface area (TPSA) is 144 Å². The standard InChI is InChI=1S/C5H9NO7S.3Na.3H/c6-2-13-5(9)3(1-4(7)8)14(10,11)12;;;;;;/h3H,1-2,6H2,(H,7,8)(H,10,11,12);;;;;;/q;3*+1;3*-1. The Morgan fingerprint density at radius 1 is 1.29 bits per heavy atom. The van der Waals surface area contributed by atoms with Gasteiger partial charge >= 0.3 is 101 Å². The van der Waals surface area contributed by atoms with Crippen LogP contribution in [-0.2, 0) is 24.4 Å². The van der Waals surface area contributed by atoms with Crippen LogP contribution in [0.15, 0.2) is 0 Å². The molecule has 1 atom stereocenters. The second-order valence-electron chi connectivity index (χ2n) is 2.23. The second kappa shape index (κ2) is 12.8. The first-order chi connectivity index (χ1) is 6.29. The summed E-state index contributed by atoms with van der Waals surface area (Å²) >= 11 is 0. The number of hydrogen-bond donors (Lipinski definition) is 3. The van der Waals surface area contributed by atoms with Gasteiger partial charge in [0.2, 0.25) is 0 Å². The monoisotopic (exact) mass is 299 g/mol. The van der Waals surface area contributed by atoms with Crippen LogP contribution in [0.1, 0.15) is 10.7 Å². The molecule has 88 valence electrons. The van der Waals surface area contributed by atoms with E-state index in [4.69, 9.17) is 15.4 Å². The van der Waals surface area contributed by atoms with Crippen molar-refractivity contribution >= 4 is 22.1 Å². The molecule has 0 spiro atoms. The summed E-state index contributed by atoms with van der Waals surface area (Å²) in [5.41, 5.74) is 4.77. The predicted molar refractivity (Wildman–Crippen MR) is 46.1 cm³/mol. The fourth-order valence-electron chi connectivity index (χ4n) is 0.644. The zero-order chi connectivity index (χ0) is 11.4. The molecule has 0 saturated carbocycles. The number of rotatable bonds is 5. The summed E-state index contributed by atoms with van der Waals surface area (Å²) < 4.78 is 33.6. The average Bonchev–Trinajstić information content (AvgIpc) is 1.98. The van der Waals surface area contributed by atoms with Crippen LogP contribution in [0.4, 0.5) is 0 Å². The summed E-state index contributed by atoms with van der Waals surface area (Å²) in [5, 5.41) is 6.11. The fourth-order valence-corrected chi connectivity index (χ4v) is 1.31. The van der Waals surface area contributed by atoms with E-state index in [1.165, 1.54) is 0 Å². The van der Waals surface area contributed by atoms with Crippen molar-refractivity contribution in [3.8, 4) is 0 Å². The molecule has 0 fully saturated rings. The Bertz CT molecular complexity index is 345. The molecule has 0 aromatic heterocycles. The van der Waals surface area contributed by atoms with E-state index in [2.05, 4.69) is 4.74 Å². The molecular weight excluding hydrogens is 287 g/mol. The number of aliphatic carboxylic acids is 1. The molecule has 0 heterocycles. The largest absolute Gasteiger partial charge is 1.00 e. The molecule has 0 amide bonds. The molecule has 12 heteroatoms. The van der Waals surface area contributed by atoms with Crippen molar-refractivity contribution in [3.63, 3.8) is 0 Å². The summed E-state index contributed by atoms with van der Waals surface area (Å²) in [4.78, 5) is 21.0. The minimum Gasteiger partial charge on any atom is -1.00 e. The van der Waals surface area contributed by atoms with Gasteiger partial charge in [0, 0.05) is 0 Å². The fraction of sp³-hybridized carbons (Fsp3) is 0.600. The normalized spacial score (nSPS) is 10.9. The molecule has 17 heavy (non-hydrogen) atoms. The summed E-state index contributed by atoms with van der Waals surface area (Å²) in [6.07, 6.45) is -1.07. The van der Waals surface area contributed by atoms with E-state index >= 15 is 0 Å². The molecule has 0 aliphatic heterocycles. The van der Waals surface area contributed by atoms with Crippen LogP contribution in [-0.4, -0.2) is 42.0 Å². The van der Waals surface area contributed by atoms with Crippen LogP contribution >= 0.6 is 0 Å². The van der Waals surface area contributed by atoms with Gasteiger partial charge in [0.05, 0.1) is 6.42 Å². The average molecular weight is 299 g/mol. The molecule has 1 unspecified atom stereocenters. The molecule has 0 aromatic carbocycles. The number of carboxylic acids is 1. The van der Waals surface area contributed by atoms with Crippen molar-refractivity contribution in [2.75, 3.05) is 6.73 Å². The number of nitrogens with two attached hydrogens (primary N) is 1. The maximum absolute atomic E-state index is 10.8. The molecular formula is C5H12NNa3O7S. The van der Waals surface area contributed by atoms with Gasteiger partial charge in [0.25, 0.3) is 10.1 Å². The van der Waals surface area contributed by atoms with Crippen molar-refractivity contribution in [3.05, 3.63) is 0 Å². The van der Waals surface area contributed by atoms with Crippen molar-refractivity contribution in [1.82, 2.24) is 0 Å². The summed E-state index contributed by atoms with van der Waals surface area (Å²) in [6, 6.07) is 0. The third-order valence-electron chi connectivity index (χ3n) is 1.21. The van der Waals surface area contributed by atoms with E-state index in [0.29, 0.717) is 0 Å². The molecule has 0 bridgehead atoms. The van der Waals surface area contributed by atoms with Crippen molar-refractivity contribution in [2.45, 2.75) is 11.7 Å². The van der Waals surface area contributed by atoms with Gasteiger partial charge < -0.3 is 14.1 Å². The van der Waals surface area contributed by atoms with Crippen LogP contribution in [0.25, 0.3) is 0 Å². The molecule has 0 aliphatic carbocycles. The Morgan fingerprint density at radius 3 is 1.94 bits per heavy atom. The predicted octanol–water partition coefficient (Wildman–Crippen LogP) is -10.5. The van der Waals surface area contributed by atoms with Crippen molar-refractivity contribution in [2.24, 2.45) is 5.73 Å². The van der Waals surface area contributed by atoms with Gasteiger partial charge in [-0.25, -0.2) is 0 Å². The first kappa shape index (κ1) is 27.2. The first-order valence-corrected chi connectivity index (χ1v) is 4.84. The SMILES string of the molecule is NCOC(=O)C(CC(=O)O)S(=O)(=O)O.[H-].[H-].[H-].[Na+].[Na+].[Na+]. The van der Waals surface area contributed by atoms with E-state index in [1.54, 1.807) is 0 Å². The number of carboxylic acid groups (broad SMARTS) is 1. The maximum Gasteiger partial charge on any atom is 1.00 e. The second-order valence-corrected chi connectivity index (χ2v) is 3.83. The quantitative estimate of drug-likeness (QED) is 0.196. The van der Waals surface area contributed by atoms with Crippen molar-refractivity contribution in [1.29, 1.82) is 0 Å². The van der Waals surface area contributed by atoms with Gasteiger partial charge in [-0.15, -0.1) is 0 Å². The van der Waals surface area contributed by atoms with E-state index in [-0.39, 0.29) is 93.0 Å². The van der Waals surface area contributed by atoms with Gasteiger partial charge in [0.15, 0.2) is 5.25 Å². The Labute approximate surface area is 169 Å². The Morgan fingerprint density at radius 2 is 1.71 bits per heavy atom. The summed E-state index contributed by atoms with van der Waals surface area (Å²) in [5.74, 6) is -2.95. The Balaban J connectivity index is -0.0000000563. The summed E-state index contributed by atoms with van der Waals surface area (Å²) in [6.45, 7) is -0.593. The van der Waals surface area contributed by atoms with Crippen LogP contribution in [0.2, 0.25) is 0 Å². The minimum absolute atomic E-state index is 0. The number of hydrogen-bond acceptors (Lipinski definition) is 6. The smallest absolute Gasteiger partial charge is 1.00 e. The number of carbonyl (C=O) groups excluding carboxylic acids is 1. The summed E-state index contributed by atoms with van der Waals surface area (Å²) in [7, 11) is -4.79. The number of esters is 1. The van der Waals surface area contributed by atoms with Crippen LogP contribution in [0.5, 0.6) is 0 Å². The van der Waals surface area contributed by atoms with Gasteiger partial charge in [-0.2, -0.15) is 8.42 Å². The van der Waals surface area contributed by atoms with E-state index in [1.807, 2.05) is 0 Å².